The van der Waals surface area contributed by atoms with E-state index < -0.39 is 5.60 Å². The lowest BCUT2D eigenvalue weighted by molar-refractivity contribution is 0.119. The standard InChI is InChI=1S/C9H18O/c1-5-6-7-8(2)9(3,4)10/h7,10H,5-6H2,1-4H3. The Bertz CT molecular complexity index is 117. The molecule has 1 nitrogen and oxygen atoms in total. The summed E-state index contributed by atoms with van der Waals surface area (Å²) in [6, 6.07) is 0. The van der Waals surface area contributed by atoms with Gasteiger partial charge in [0.25, 0.3) is 0 Å². The van der Waals surface area contributed by atoms with Crippen LogP contribution in [0, 0.1) is 0 Å². The monoisotopic (exact) mass is 142 g/mol. The minimum Gasteiger partial charge on any atom is -0.386 e. The van der Waals surface area contributed by atoms with E-state index in [2.05, 4.69) is 13.0 Å². The summed E-state index contributed by atoms with van der Waals surface area (Å²) >= 11 is 0. The molecule has 0 aromatic carbocycles. The Kier molecular flexibility index (Phi) is 3.66. The van der Waals surface area contributed by atoms with Crippen molar-refractivity contribution in [3.8, 4) is 0 Å². The smallest absolute Gasteiger partial charge is 0.0798 e. The maximum atomic E-state index is 9.44. The average molecular weight is 142 g/mol. The van der Waals surface area contributed by atoms with Gasteiger partial charge in [-0.15, -0.1) is 0 Å². The lowest BCUT2D eigenvalue weighted by Crippen LogP contribution is -2.19. The summed E-state index contributed by atoms with van der Waals surface area (Å²) in [4.78, 5) is 0. The predicted octanol–water partition coefficient (Wildman–Crippen LogP) is 2.50. The van der Waals surface area contributed by atoms with Crippen LogP contribution in [0.15, 0.2) is 11.6 Å². The zero-order valence-electron chi connectivity index (χ0n) is 7.44. The molecule has 10 heavy (non-hydrogen) atoms. The van der Waals surface area contributed by atoms with E-state index in [0.29, 0.717) is 0 Å². The summed E-state index contributed by atoms with van der Waals surface area (Å²) in [5.74, 6) is 0. The van der Waals surface area contributed by atoms with Crippen LogP contribution >= 0.6 is 0 Å². The highest BCUT2D eigenvalue weighted by Gasteiger charge is 2.13. The highest BCUT2D eigenvalue weighted by Crippen LogP contribution is 2.14. The van der Waals surface area contributed by atoms with Crippen LogP contribution in [0.5, 0.6) is 0 Å². The summed E-state index contributed by atoms with van der Waals surface area (Å²) in [7, 11) is 0. The molecular weight excluding hydrogens is 124 g/mol. The minimum atomic E-state index is -0.630. The van der Waals surface area contributed by atoms with E-state index in [9.17, 15) is 5.11 Å². The number of allylic oxidation sites excluding steroid dienone is 1. The summed E-state index contributed by atoms with van der Waals surface area (Å²) < 4.78 is 0. The van der Waals surface area contributed by atoms with Crippen molar-refractivity contribution in [2.45, 2.75) is 46.1 Å². The maximum Gasteiger partial charge on any atom is 0.0798 e. The molecule has 0 unspecified atom stereocenters. The maximum absolute atomic E-state index is 9.44. The van der Waals surface area contributed by atoms with Gasteiger partial charge in [0.15, 0.2) is 0 Å². The fraction of sp³-hybridized carbons (Fsp3) is 0.778. The highest BCUT2D eigenvalue weighted by molar-refractivity contribution is 5.09. The van der Waals surface area contributed by atoms with E-state index in [1.807, 2.05) is 20.8 Å². The second kappa shape index (κ2) is 3.77. The van der Waals surface area contributed by atoms with E-state index in [-0.39, 0.29) is 0 Å². The quantitative estimate of drug-likeness (QED) is 0.600. The SMILES string of the molecule is CCCC=C(C)C(C)(C)O. The molecular formula is C9H18O. The predicted molar refractivity (Wildman–Crippen MR) is 45.0 cm³/mol. The largest absolute Gasteiger partial charge is 0.386 e. The van der Waals surface area contributed by atoms with Gasteiger partial charge in [0, 0.05) is 0 Å². The third kappa shape index (κ3) is 3.67. The van der Waals surface area contributed by atoms with Crippen LogP contribution in [-0.4, -0.2) is 10.7 Å². The summed E-state index contributed by atoms with van der Waals surface area (Å²) in [5, 5.41) is 9.44. The Hall–Kier alpha value is -0.300. The van der Waals surface area contributed by atoms with Crippen molar-refractivity contribution in [2.24, 2.45) is 0 Å². The van der Waals surface area contributed by atoms with Crippen molar-refractivity contribution in [3.63, 3.8) is 0 Å². The van der Waals surface area contributed by atoms with E-state index in [1.54, 1.807) is 0 Å². The summed E-state index contributed by atoms with van der Waals surface area (Å²) in [6.45, 7) is 7.73. The molecule has 0 amide bonds. The first kappa shape index (κ1) is 9.70. The Morgan fingerprint density at radius 3 is 2.30 bits per heavy atom. The normalized spacial score (nSPS) is 13.9. The van der Waals surface area contributed by atoms with Crippen LogP contribution in [0.25, 0.3) is 0 Å². The molecule has 0 rings (SSSR count). The van der Waals surface area contributed by atoms with Crippen molar-refractivity contribution in [3.05, 3.63) is 11.6 Å². The first-order chi connectivity index (χ1) is 4.48. The zero-order chi connectivity index (χ0) is 8.20. The third-order valence-electron chi connectivity index (χ3n) is 1.70. The Balaban J connectivity index is 3.93. The van der Waals surface area contributed by atoms with E-state index in [0.717, 1.165) is 18.4 Å². The molecule has 60 valence electrons. The fourth-order valence-corrected chi connectivity index (χ4v) is 0.611. The first-order valence-corrected chi connectivity index (χ1v) is 3.88. The molecule has 0 spiro atoms. The summed E-state index contributed by atoms with van der Waals surface area (Å²) in [6.07, 6.45) is 4.31. The number of hydrogen-bond acceptors (Lipinski definition) is 1. The Labute approximate surface area is 63.8 Å². The van der Waals surface area contributed by atoms with Gasteiger partial charge in [0.1, 0.15) is 0 Å². The second-order valence-electron chi connectivity index (χ2n) is 3.23. The first-order valence-electron chi connectivity index (χ1n) is 3.88. The molecule has 0 fully saturated rings. The number of hydrogen-bond donors (Lipinski definition) is 1. The molecule has 0 radical (unpaired) electrons. The number of unbranched alkanes of at least 4 members (excludes halogenated alkanes) is 1. The molecule has 0 saturated heterocycles. The number of rotatable bonds is 3. The van der Waals surface area contributed by atoms with E-state index in [4.69, 9.17) is 0 Å². The van der Waals surface area contributed by atoms with Gasteiger partial charge in [-0.1, -0.05) is 19.4 Å². The molecule has 1 heteroatoms. The molecule has 0 saturated carbocycles. The zero-order valence-corrected chi connectivity index (χ0v) is 7.44. The molecule has 0 bridgehead atoms. The van der Waals surface area contributed by atoms with Crippen LogP contribution in [-0.2, 0) is 0 Å². The molecule has 0 aromatic heterocycles. The van der Waals surface area contributed by atoms with Gasteiger partial charge >= 0.3 is 0 Å². The van der Waals surface area contributed by atoms with Crippen molar-refractivity contribution >= 4 is 0 Å². The Morgan fingerprint density at radius 2 is 2.00 bits per heavy atom. The molecule has 0 aliphatic heterocycles. The topological polar surface area (TPSA) is 20.2 Å². The van der Waals surface area contributed by atoms with Gasteiger partial charge < -0.3 is 5.11 Å². The molecule has 0 aliphatic carbocycles. The van der Waals surface area contributed by atoms with Crippen LogP contribution < -0.4 is 0 Å². The van der Waals surface area contributed by atoms with E-state index >= 15 is 0 Å². The fourth-order valence-electron chi connectivity index (χ4n) is 0.611. The lowest BCUT2D eigenvalue weighted by atomic mass is 9.99. The van der Waals surface area contributed by atoms with Crippen LogP contribution in [0.3, 0.4) is 0 Å². The highest BCUT2D eigenvalue weighted by atomic mass is 16.3. The van der Waals surface area contributed by atoms with Gasteiger partial charge in [0.2, 0.25) is 0 Å². The lowest BCUT2D eigenvalue weighted by Gasteiger charge is -2.17. The molecule has 0 aliphatic rings. The van der Waals surface area contributed by atoms with Crippen LogP contribution in [0.2, 0.25) is 0 Å². The molecule has 1 N–H and O–H groups in total. The van der Waals surface area contributed by atoms with Crippen LogP contribution in [0.1, 0.15) is 40.5 Å². The van der Waals surface area contributed by atoms with Crippen molar-refractivity contribution in [1.29, 1.82) is 0 Å². The molecule has 0 aromatic rings. The van der Waals surface area contributed by atoms with Gasteiger partial charge in [-0.2, -0.15) is 0 Å². The van der Waals surface area contributed by atoms with Gasteiger partial charge in [-0.3, -0.25) is 0 Å². The van der Waals surface area contributed by atoms with Gasteiger partial charge in [0.05, 0.1) is 5.60 Å². The minimum absolute atomic E-state index is 0.630. The van der Waals surface area contributed by atoms with E-state index in [1.165, 1.54) is 0 Å². The van der Waals surface area contributed by atoms with Crippen LogP contribution in [0.4, 0.5) is 0 Å². The van der Waals surface area contributed by atoms with Gasteiger partial charge in [-0.25, -0.2) is 0 Å². The second-order valence-corrected chi connectivity index (χ2v) is 3.23. The Morgan fingerprint density at radius 1 is 1.50 bits per heavy atom. The van der Waals surface area contributed by atoms with Crippen molar-refractivity contribution in [2.75, 3.05) is 0 Å². The number of aliphatic hydroxyl groups is 1. The van der Waals surface area contributed by atoms with Crippen molar-refractivity contribution < 1.29 is 5.11 Å². The van der Waals surface area contributed by atoms with Crippen molar-refractivity contribution in [1.82, 2.24) is 0 Å². The molecule has 0 atom stereocenters. The average Bonchev–Trinajstić information content (AvgIpc) is 1.80. The summed E-state index contributed by atoms with van der Waals surface area (Å²) in [5.41, 5.74) is 0.434. The third-order valence-corrected chi connectivity index (χ3v) is 1.70. The van der Waals surface area contributed by atoms with Gasteiger partial charge in [-0.05, 0) is 32.8 Å². The molecule has 0 heterocycles.